The summed E-state index contributed by atoms with van der Waals surface area (Å²) in [5.41, 5.74) is 0. The lowest BCUT2D eigenvalue weighted by Gasteiger charge is -2.29. The number of unbranched alkanes of at least 4 members (excludes halogenated alkanes) is 3. The van der Waals surface area contributed by atoms with Gasteiger partial charge in [-0.2, -0.15) is 0 Å². The highest BCUT2D eigenvalue weighted by Crippen LogP contribution is 2.10. The lowest BCUT2D eigenvalue weighted by atomic mass is 10.1. The fourth-order valence-electron chi connectivity index (χ4n) is 2.15. The van der Waals surface area contributed by atoms with Crippen molar-refractivity contribution < 1.29 is 5.11 Å². The van der Waals surface area contributed by atoms with Gasteiger partial charge in [-0.05, 0) is 25.8 Å². The van der Waals surface area contributed by atoms with E-state index in [1.807, 2.05) is 0 Å². The van der Waals surface area contributed by atoms with E-state index in [2.05, 4.69) is 25.7 Å². The summed E-state index contributed by atoms with van der Waals surface area (Å²) in [5.74, 6) is 0. The van der Waals surface area contributed by atoms with E-state index in [1.54, 1.807) is 0 Å². The summed E-state index contributed by atoms with van der Waals surface area (Å²) in [5, 5.41) is 9.04. The molecular weight excluding hydrogens is 186 g/mol. The molecule has 2 nitrogen and oxygen atoms in total. The van der Waals surface area contributed by atoms with Crippen molar-refractivity contribution in [3.63, 3.8) is 0 Å². The molecule has 0 rings (SSSR count). The van der Waals surface area contributed by atoms with Crippen molar-refractivity contribution in [2.24, 2.45) is 0 Å². The van der Waals surface area contributed by atoms with Gasteiger partial charge in [-0.15, -0.1) is 0 Å². The summed E-state index contributed by atoms with van der Waals surface area (Å²) in [4.78, 5) is 2.45. The Hall–Kier alpha value is -0.0800. The Morgan fingerprint density at radius 1 is 0.933 bits per heavy atom. The third-order valence-electron chi connectivity index (χ3n) is 3.14. The van der Waals surface area contributed by atoms with E-state index >= 15 is 0 Å². The Bertz CT molecular complexity index is 124. The van der Waals surface area contributed by atoms with Crippen LogP contribution >= 0.6 is 0 Å². The zero-order chi connectivity index (χ0) is 11.5. The Morgan fingerprint density at radius 2 is 1.60 bits per heavy atom. The van der Waals surface area contributed by atoms with Crippen LogP contribution in [0.15, 0.2) is 0 Å². The molecule has 0 spiro atoms. The first kappa shape index (κ1) is 14.9. The third kappa shape index (κ3) is 6.91. The van der Waals surface area contributed by atoms with Crippen LogP contribution in [0.1, 0.15) is 59.3 Å². The molecule has 0 aromatic heterocycles. The molecule has 0 saturated carbocycles. The number of rotatable bonds is 10. The summed E-state index contributed by atoms with van der Waals surface area (Å²) in [6, 6.07) is 0.666. The van der Waals surface area contributed by atoms with E-state index in [0.717, 1.165) is 13.1 Å². The quantitative estimate of drug-likeness (QED) is 0.566. The highest BCUT2D eigenvalue weighted by molar-refractivity contribution is 4.68. The maximum absolute atomic E-state index is 9.04. The molecule has 0 bridgehead atoms. The number of hydrogen-bond acceptors (Lipinski definition) is 2. The van der Waals surface area contributed by atoms with Gasteiger partial charge in [-0.3, -0.25) is 4.90 Å². The van der Waals surface area contributed by atoms with Crippen LogP contribution in [0.25, 0.3) is 0 Å². The van der Waals surface area contributed by atoms with Crippen molar-refractivity contribution in [2.45, 2.75) is 65.3 Å². The zero-order valence-electron chi connectivity index (χ0n) is 10.8. The monoisotopic (exact) mass is 215 g/mol. The summed E-state index contributed by atoms with van der Waals surface area (Å²) < 4.78 is 0. The van der Waals surface area contributed by atoms with Crippen molar-refractivity contribution in [1.82, 2.24) is 4.90 Å². The van der Waals surface area contributed by atoms with Crippen molar-refractivity contribution in [3.05, 3.63) is 0 Å². The molecule has 0 amide bonds. The van der Waals surface area contributed by atoms with Gasteiger partial charge in [0.2, 0.25) is 0 Å². The largest absolute Gasteiger partial charge is 0.395 e. The van der Waals surface area contributed by atoms with Crippen LogP contribution in [-0.2, 0) is 0 Å². The molecule has 15 heavy (non-hydrogen) atoms. The number of aliphatic hydroxyl groups excluding tert-OH is 1. The van der Waals surface area contributed by atoms with E-state index in [4.69, 9.17) is 5.11 Å². The molecular formula is C13H29NO. The van der Waals surface area contributed by atoms with Gasteiger partial charge >= 0.3 is 0 Å². The first-order chi connectivity index (χ1) is 7.29. The van der Waals surface area contributed by atoms with Crippen molar-refractivity contribution >= 4 is 0 Å². The normalized spacial score (nSPS) is 11.6. The van der Waals surface area contributed by atoms with Gasteiger partial charge in [0.15, 0.2) is 0 Å². The molecule has 0 unspecified atom stereocenters. The average molecular weight is 215 g/mol. The Labute approximate surface area is 95.7 Å². The van der Waals surface area contributed by atoms with Gasteiger partial charge in [0, 0.05) is 12.6 Å². The minimum Gasteiger partial charge on any atom is -0.395 e. The van der Waals surface area contributed by atoms with E-state index in [1.165, 1.54) is 38.5 Å². The predicted molar refractivity (Wildman–Crippen MR) is 67.2 cm³/mol. The molecule has 0 aliphatic carbocycles. The number of hydrogen-bond donors (Lipinski definition) is 1. The summed E-state index contributed by atoms with van der Waals surface area (Å²) in [7, 11) is 0. The smallest absolute Gasteiger partial charge is 0.0558 e. The summed E-state index contributed by atoms with van der Waals surface area (Å²) >= 11 is 0. The highest BCUT2D eigenvalue weighted by atomic mass is 16.3. The maximum atomic E-state index is 9.04. The maximum Gasteiger partial charge on any atom is 0.0558 e. The van der Waals surface area contributed by atoms with Crippen molar-refractivity contribution in [3.8, 4) is 0 Å². The molecule has 0 radical (unpaired) electrons. The average Bonchev–Trinajstić information content (AvgIpc) is 2.26. The van der Waals surface area contributed by atoms with Gasteiger partial charge in [0.05, 0.1) is 6.61 Å². The summed E-state index contributed by atoms with van der Waals surface area (Å²) in [6.45, 7) is 9.03. The minimum atomic E-state index is 0.296. The molecule has 0 saturated heterocycles. The van der Waals surface area contributed by atoms with Crippen LogP contribution in [0.5, 0.6) is 0 Å². The van der Waals surface area contributed by atoms with Gasteiger partial charge in [0.25, 0.3) is 0 Å². The fourth-order valence-corrected chi connectivity index (χ4v) is 2.15. The minimum absolute atomic E-state index is 0.296. The second kappa shape index (κ2) is 10.4. The standard InChI is InChI=1S/C13H29NO/c1-4-7-8-9-10-14(11-12-15)13(5-2)6-3/h13,15H,4-12H2,1-3H3. The van der Waals surface area contributed by atoms with Crippen LogP contribution < -0.4 is 0 Å². The molecule has 2 heteroatoms. The fraction of sp³-hybridized carbons (Fsp3) is 1.00. The Morgan fingerprint density at radius 3 is 2.07 bits per heavy atom. The zero-order valence-corrected chi connectivity index (χ0v) is 10.8. The van der Waals surface area contributed by atoms with Gasteiger partial charge < -0.3 is 5.11 Å². The van der Waals surface area contributed by atoms with Crippen molar-refractivity contribution in [1.29, 1.82) is 0 Å². The van der Waals surface area contributed by atoms with Crippen LogP contribution in [0.3, 0.4) is 0 Å². The van der Waals surface area contributed by atoms with Gasteiger partial charge in [0.1, 0.15) is 0 Å². The number of nitrogens with zero attached hydrogens (tertiary/aromatic N) is 1. The molecule has 0 atom stereocenters. The van der Waals surface area contributed by atoms with Gasteiger partial charge in [-0.1, -0.05) is 40.0 Å². The lowest BCUT2D eigenvalue weighted by molar-refractivity contribution is 0.141. The van der Waals surface area contributed by atoms with E-state index in [9.17, 15) is 0 Å². The van der Waals surface area contributed by atoms with Crippen LogP contribution in [0, 0.1) is 0 Å². The second-order valence-corrected chi connectivity index (χ2v) is 4.29. The number of aliphatic hydroxyl groups is 1. The molecule has 0 aliphatic heterocycles. The molecule has 1 N–H and O–H groups in total. The topological polar surface area (TPSA) is 23.5 Å². The van der Waals surface area contributed by atoms with Gasteiger partial charge in [-0.25, -0.2) is 0 Å². The Kier molecular flexibility index (Phi) is 10.4. The summed E-state index contributed by atoms with van der Waals surface area (Å²) in [6.07, 6.45) is 7.65. The molecule has 0 heterocycles. The van der Waals surface area contributed by atoms with E-state index < -0.39 is 0 Å². The van der Waals surface area contributed by atoms with E-state index in [0.29, 0.717) is 12.6 Å². The van der Waals surface area contributed by atoms with Crippen molar-refractivity contribution in [2.75, 3.05) is 19.7 Å². The molecule has 0 aromatic carbocycles. The first-order valence-electron chi connectivity index (χ1n) is 6.64. The lowest BCUT2D eigenvalue weighted by Crippen LogP contribution is -2.37. The second-order valence-electron chi connectivity index (χ2n) is 4.29. The predicted octanol–water partition coefficient (Wildman–Crippen LogP) is 3.05. The first-order valence-corrected chi connectivity index (χ1v) is 6.64. The SMILES string of the molecule is CCCCCCN(CCO)C(CC)CC. The molecule has 0 aliphatic rings. The Balaban J connectivity index is 3.80. The van der Waals surface area contributed by atoms with E-state index in [-0.39, 0.29) is 0 Å². The third-order valence-corrected chi connectivity index (χ3v) is 3.14. The molecule has 0 fully saturated rings. The van der Waals surface area contributed by atoms with Crippen LogP contribution in [0.2, 0.25) is 0 Å². The molecule has 0 aromatic rings. The highest BCUT2D eigenvalue weighted by Gasteiger charge is 2.13. The van der Waals surface area contributed by atoms with Crippen LogP contribution in [0.4, 0.5) is 0 Å². The van der Waals surface area contributed by atoms with Crippen LogP contribution in [-0.4, -0.2) is 35.7 Å². The molecule has 92 valence electrons.